The van der Waals surface area contributed by atoms with Gasteiger partial charge in [0.1, 0.15) is 5.56 Å². The second-order valence-corrected chi connectivity index (χ2v) is 8.40. The minimum Gasteiger partial charge on any atom is -0.493 e. The van der Waals surface area contributed by atoms with Crippen molar-refractivity contribution in [2.75, 3.05) is 14.2 Å². The average Bonchev–Trinajstić information content (AvgIpc) is 3.15. The quantitative estimate of drug-likeness (QED) is 0.321. The van der Waals surface area contributed by atoms with E-state index >= 15 is 0 Å². The highest BCUT2D eigenvalue weighted by Gasteiger charge is 2.25. The van der Waals surface area contributed by atoms with Gasteiger partial charge in [0.05, 0.1) is 30.5 Å². The molecular weight excluding hydrogens is 436 g/mol. The second-order valence-electron chi connectivity index (χ2n) is 7.31. The van der Waals surface area contributed by atoms with Gasteiger partial charge in [0.25, 0.3) is 0 Å². The van der Waals surface area contributed by atoms with E-state index in [9.17, 15) is 4.79 Å². The Morgan fingerprint density at radius 1 is 0.879 bits per heavy atom. The molecule has 33 heavy (non-hydrogen) atoms. The average molecular weight is 461 g/mol. The Hall–Kier alpha value is -3.71. The highest BCUT2D eigenvalue weighted by atomic mass is 32.2. The van der Waals surface area contributed by atoms with Crippen molar-refractivity contribution in [1.29, 1.82) is 0 Å². The molecule has 4 rings (SSSR count). The summed E-state index contributed by atoms with van der Waals surface area (Å²) in [7, 11) is 3.02. The van der Waals surface area contributed by atoms with Gasteiger partial charge in [0, 0.05) is 4.90 Å². The molecule has 0 fully saturated rings. The number of aromatic nitrogens is 2. The fourth-order valence-corrected chi connectivity index (χ4v) is 4.27. The molecule has 0 aliphatic heterocycles. The molecule has 0 saturated heterocycles. The zero-order valence-electron chi connectivity index (χ0n) is 18.9. The van der Waals surface area contributed by atoms with Gasteiger partial charge in [-0.1, -0.05) is 53.7 Å². The molecule has 0 unspecified atom stereocenters. The molecule has 0 bridgehead atoms. The number of benzene rings is 3. The third-order valence-electron chi connectivity index (χ3n) is 5.02. The first-order valence-electron chi connectivity index (χ1n) is 10.3. The smallest absolute Gasteiger partial charge is 0.348 e. The van der Waals surface area contributed by atoms with Crippen LogP contribution in [0.15, 0.2) is 82.6 Å². The Bertz CT molecular complexity index is 1270. The van der Waals surface area contributed by atoms with Crippen LogP contribution < -0.4 is 14.2 Å². The van der Waals surface area contributed by atoms with Gasteiger partial charge in [-0.05, 0) is 50.2 Å². The molecule has 0 radical (unpaired) electrons. The van der Waals surface area contributed by atoms with E-state index in [0.717, 1.165) is 21.2 Å². The lowest BCUT2D eigenvalue weighted by molar-refractivity contribution is 0.0714. The van der Waals surface area contributed by atoms with Gasteiger partial charge in [0.2, 0.25) is 5.88 Å². The summed E-state index contributed by atoms with van der Waals surface area (Å²) in [4.78, 5) is 15.1. The van der Waals surface area contributed by atoms with Crippen LogP contribution in [0, 0.1) is 13.8 Å². The first kappa shape index (κ1) is 22.5. The SMILES string of the molecule is COc1cccc(C(=O)Oc2c(Sc3ccc(C)cc3)c(C)nn2-c2ccccc2)c1OC. The third kappa shape index (κ3) is 4.73. The van der Waals surface area contributed by atoms with Crippen molar-refractivity contribution in [3.63, 3.8) is 0 Å². The monoisotopic (exact) mass is 460 g/mol. The number of aryl methyl sites for hydroxylation is 2. The molecule has 168 valence electrons. The summed E-state index contributed by atoms with van der Waals surface area (Å²) < 4.78 is 18.4. The first-order chi connectivity index (χ1) is 16.0. The van der Waals surface area contributed by atoms with E-state index in [-0.39, 0.29) is 5.56 Å². The van der Waals surface area contributed by atoms with E-state index in [1.165, 1.54) is 31.5 Å². The van der Waals surface area contributed by atoms with E-state index in [2.05, 4.69) is 5.10 Å². The van der Waals surface area contributed by atoms with Crippen molar-refractivity contribution in [2.24, 2.45) is 0 Å². The molecule has 0 saturated carbocycles. The number of rotatable bonds is 7. The second kappa shape index (κ2) is 9.83. The van der Waals surface area contributed by atoms with Crippen molar-refractivity contribution in [3.05, 3.63) is 89.6 Å². The maximum atomic E-state index is 13.3. The van der Waals surface area contributed by atoms with Crippen molar-refractivity contribution < 1.29 is 19.0 Å². The summed E-state index contributed by atoms with van der Waals surface area (Å²) in [6.07, 6.45) is 0. The molecule has 0 aliphatic rings. The number of hydrogen-bond donors (Lipinski definition) is 0. The minimum atomic E-state index is -0.561. The lowest BCUT2D eigenvalue weighted by atomic mass is 10.2. The summed E-state index contributed by atoms with van der Waals surface area (Å²) in [6, 6.07) is 22.8. The summed E-state index contributed by atoms with van der Waals surface area (Å²) in [6.45, 7) is 3.95. The molecule has 0 aliphatic carbocycles. The summed E-state index contributed by atoms with van der Waals surface area (Å²) in [5, 5.41) is 4.68. The number of esters is 1. The Kier molecular flexibility index (Phi) is 6.70. The topological polar surface area (TPSA) is 62.6 Å². The van der Waals surface area contributed by atoms with E-state index in [1.54, 1.807) is 22.9 Å². The van der Waals surface area contributed by atoms with Crippen LogP contribution in [-0.2, 0) is 0 Å². The molecule has 6 nitrogen and oxygen atoms in total. The van der Waals surface area contributed by atoms with Crippen LogP contribution in [0.5, 0.6) is 17.4 Å². The van der Waals surface area contributed by atoms with Gasteiger partial charge in [0.15, 0.2) is 11.5 Å². The van der Waals surface area contributed by atoms with Crippen molar-refractivity contribution in [3.8, 4) is 23.1 Å². The molecule has 0 amide bonds. The number of nitrogens with zero attached hydrogens (tertiary/aromatic N) is 2. The molecule has 1 heterocycles. The molecular formula is C26H24N2O4S. The van der Waals surface area contributed by atoms with Crippen molar-refractivity contribution in [2.45, 2.75) is 23.6 Å². The third-order valence-corrected chi connectivity index (χ3v) is 6.20. The van der Waals surface area contributed by atoms with Gasteiger partial charge in [-0.2, -0.15) is 9.78 Å². The summed E-state index contributed by atoms with van der Waals surface area (Å²) in [5.41, 5.74) is 2.98. The fraction of sp³-hybridized carbons (Fsp3) is 0.154. The fourth-order valence-electron chi connectivity index (χ4n) is 3.36. The lowest BCUT2D eigenvalue weighted by Gasteiger charge is -2.13. The minimum absolute atomic E-state index is 0.265. The van der Waals surface area contributed by atoms with Crippen LogP contribution in [0.2, 0.25) is 0 Å². The molecule has 0 spiro atoms. The largest absolute Gasteiger partial charge is 0.493 e. The van der Waals surface area contributed by atoms with Crippen LogP contribution in [0.25, 0.3) is 5.69 Å². The van der Waals surface area contributed by atoms with E-state index in [0.29, 0.717) is 17.4 Å². The van der Waals surface area contributed by atoms with Crippen LogP contribution in [0.3, 0.4) is 0 Å². The maximum Gasteiger partial charge on any atom is 0.348 e. The Labute approximate surface area is 197 Å². The van der Waals surface area contributed by atoms with Gasteiger partial charge in [-0.15, -0.1) is 0 Å². The van der Waals surface area contributed by atoms with Gasteiger partial charge < -0.3 is 14.2 Å². The van der Waals surface area contributed by atoms with Crippen molar-refractivity contribution in [1.82, 2.24) is 9.78 Å². The van der Waals surface area contributed by atoms with Gasteiger partial charge in [-0.25, -0.2) is 4.79 Å². The van der Waals surface area contributed by atoms with Crippen LogP contribution >= 0.6 is 11.8 Å². The normalized spacial score (nSPS) is 10.7. The van der Waals surface area contributed by atoms with Crippen molar-refractivity contribution >= 4 is 17.7 Å². The first-order valence-corrected chi connectivity index (χ1v) is 11.2. The highest BCUT2D eigenvalue weighted by molar-refractivity contribution is 7.99. The number of hydrogen-bond acceptors (Lipinski definition) is 6. The predicted octanol–water partition coefficient (Wildman–Crippen LogP) is 5.88. The van der Waals surface area contributed by atoms with Gasteiger partial charge >= 0.3 is 5.97 Å². The molecule has 1 aromatic heterocycles. The number of carbonyl (C=O) groups is 1. The van der Waals surface area contributed by atoms with Crippen LogP contribution in [0.4, 0.5) is 0 Å². The Morgan fingerprint density at radius 2 is 1.61 bits per heavy atom. The summed E-state index contributed by atoms with van der Waals surface area (Å²) in [5.74, 6) is 0.557. The molecule has 0 N–H and O–H groups in total. The molecule has 7 heteroatoms. The standard InChI is InChI=1S/C26H24N2O4S/c1-17-13-15-20(16-14-17)33-24-18(2)27-28(19-9-6-5-7-10-19)25(24)32-26(29)21-11-8-12-22(30-3)23(21)31-4/h5-16H,1-4H3. The van der Waals surface area contributed by atoms with Crippen LogP contribution in [-0.4, -0.2) is 30.0 Å². The predicted molar refractivity (Wildman–Crippen MR) is 128 cm³/mol. The number of ether oxygens (including phenoxy) is 3. The zero-order chi connectivity index (χ0) is 23.4. The number of methoxy groups -OCH3 is 2. The maximum absolute atomic E-state index is 13.3. The number of carbonyl (C=O) groups excluding carboxylic acids is 1. The van der Waals surface area contributed by atoms with Crippen LogP contribution in [0.1, 0.15) is 21.6 Å². The Morgan fingerprint density at radius 3 is 2.27 bits per heavy atom. The summed E-state index contributed by atoms with van der Waals surface area (Å²) >= 11 is 1.50. The molecule has 0 atom stereocenters. The molecule has 3 aromatic carbocycles. The van der Waals surface area contributed by atoms with Gasteiger partial charge in [-0.3, -0.25) is 0 Å². The highest BCUT2D eigenvalue weighted by Crippen LogP contribution is 2.40. The van der Waals surface area contributed by atoms with E-state index in [4.69, 9.17) is 14.2 Å². The lowest BCUT2D eigenvalue weighted by Crippen LogP contribution is -2.14. The number of para-hydroxylation sites is 2. The van der Waals surface area contributed by atoms with E-state index < -0.39 is 5.97 Å². The zero-order valence-corrected chi connectivity index (χ0v) is 19.7. The Balaban J connectivity index is 1.78. The van der Waals surface area contributed by atoms with E-state index in [1.807, 2.05) is 68.4 Å². The molecule has 4 aromatic rings.